The molecule has 0 radical (unpaired) electrons. The first-order valence-corrected chi connectivity index (χ1v) is 7.93. The van der Waals surface area contributed by atoms with E-state index in [0.717, 1.165) is 5.92 Å². The molecule has 0 heterocycles. The van der Waals surface area contributed by atoms with Gasteiger partial charge < -0.3 is 0 Å². The average molecular weight is 224 g/mol. The van der Waals surface area contributed by atoms with Gasteiger partial charge in [-0.05, 0) is 5.92 Å². The number of hydrogen-bond acceptors (Lipinski definition) is 0. The van der Waals surface area contributed by atoms with Gasteiger partial charge in [-0.1, -0.05) is 96.8 Å². The zero-order valence-corrected chi connectivity index (χ0v) is 11.5. The van der Waals surface area contributed by atoms with Gasteiger partial charge in [-0.15, -0.1) is 0 Å². The number of hydrogen-bond donors (Lipinski definition) is 0. The van der Waals surface area contributed by atoms with Crippen molar-refractivity contribution < 1.29 is 0 Å². The third-order valence-electron chi connectivity index (χ3n) is 4.19. The highest BCUT2D eigenvalue weighted by atomic mass is 14.2. The molecule has 16 heavy (non-hydrogen) atoms. The quantitative estimate of drug-likeness (QED) is 0.372. The van der Waals surface area contributed by atoms with Crippen molar-refractivity contribution in [2.45, 2.75) is 96.8 Å². The maximum absolute atomic E-state index is 2.29. The summed E-state index contributed by atoms with van der Waals surface area (Å²) >= 11 is 0. The van der Waals surface area contributed by atoms with Crippen molar-refractivity contribution in [1.29, 1.82) is 0 Å². The van der Waals surface area contributed by atoms with Crippen LogP contribution in [0, 0.1) is 5.92 Å². The summed E-state index contributed by atoms with van der Waals surface area (Å²) in [5, 5.41) is 0. The first kappa shape index (κ1) is 14.1. The standard InChI is InChI=1S/C16H32/c1-2-3-4-5-6-7-8-9-10-11-13-16-14-12-15-16/h16H,2-15H2,1H3. The van der Waals surface area contributed by atoms with Crippen molar-refractivity contribution in [3.8, 4) is 0 Å². The van der Waals surface area contributed by atoms with Gasteiger partial charge in [0, 0.05) is 0 Å². The van der Waals surface area contributed by atoms with E-state index in [-0.39, 0.29) is 0 Å². The Morgan fingerprint density at radius 3 is 1.62 bits per heavy atom. The molecule has 1 rings (SSSR count). The maximum Gasteiger partial charge on any atom is -0.0414 e. The minimum atomic E-state index is 1.13. The van der Waals surface area contributed by atoms with Gasteiger partial charge in [0.15, 0.2) is 0 Å². The van der Waals surface area contributed by atoms with Crippen molar-refractivity contribution in [3.63, 3.8) is 0 Å². The number of rotatable bonds is 11. The van der Waals surface area contributed by atoms with Crippen LogP contribution in [0.15, 0.2) is 0 Å². The predicted molar refractivity (Wildman–Crippen MR) is 73.8 cm³/mol. The lowest BCUT2D eigenvalue weighted by Crippen LogP contribution is -2.10. The van der Waals surface area contributed by atoms with Crippen LogP contribution in [-0.2, 0) is 0 Å². The monoisotopic (exact) mass is 224 g/mol. The first-order valence-electron chi connectivity index (χ1n) is 7.93. The molecule has 0 bridgehead atoms. The lowest BCUT2D eigenvalue weighted by atomic mass is 9.81. The third kappa shape index (κ3) is 7.30. The molecular formula is C16H32. The summed E-state index contributed by atoms with van der Waals surface area (Å²) in [6.07, 6.45) is 20.9. The van der Waals surface area contributed by atoms with Gasteiger partial charge in [-0.3, -0.25) is 0 Å². The van der Waals surface area contributed by atoms with Crippen molar-refractivity contribution >= 4 is 0 Å². The van der Waals surface area contributed by atoms with E-state index in [9.17, 15) is 0 Å². The van der Waals surface area contributed by atoms with Gasteiger partial charge in [0.1, 0.15) is 0 Å². The molecule has 0 nitrogen and oxygen atoms in total. The molecule has 0 aromatic heterocycles. The molecule has 1 fully saturated rings. The van der Waals surface area contributed by atoms with E-state index in [4.69, 9.17) is 0 Å². The van der Waals surface area contributed by atoms with Crippen LogP contribution >= 0.6 is 0 Å². The van der Waals surface area contributed by atoms with E-state index < -0.39 is 0 Å². The summed E-state index contributed by atoms with van der Waals surface area (Å²) in [4.78, 5) is 0. The third-order valence-corrected chi connectivity index (χ3v) is 4.19. The molecule has 0 amide bonds. The summed E-state index contributed by atoms with van der Waals surface area (Å²) in [5.41, 5.74) is 0. The summed E-state index contributed by atoms with van der Waals surface area (Å²) in [7, 11) is 0. The normalized spacial score (nSPS) is 16.3. The van der Waals surface area contributed by atoms with Crippen molar-refractivity contribution in [2.24, 2.45) is 5.92 Å². The molecule has 0 heteroatoms. The fourth-order valence-electron chi connectivity index (χ4n) is 2.70. The van der Waals surface area contributed by atoms with E-state index in [1.165, 1.54) is 89.9 Å². The van der Waals surface area contributed by atoms with Gasteiger partial charge in [0.2, 0.25) is 0 Å². The molecule has 0 spiro atoms. The van der Waals surface area contributed by atoms with Crippen LogP contribution in [-0.4, -0.2) is 0 Å². The van der Waals surface area contributed by atoms with Crippen LogP contribution in [0.3, 0.4) is 0 Å². The van der Waals surface area contributed by atoms with E-state index in [1.54, 1.807) is 0 Å². The Morgan fingerprint density at radius 1 is 0.688 bits per heavy atom. The van der Waals surface area contributed by atoms with Crippen LogP contribution in [0.2, 0.25) is 0 Å². The van der Waals surface area contributed by atoms with Crippen LogP contribution < -0.4 is 0 Å². The minimum absolute atomic E-state index is 1.13. The van der Waals surface area contributed by atoms with Crippen LogP contribution in [0.5, 0.6) is 0 Å². The van der Waals surface area contributed by atoms with Crippen molar-refractivity contribution in [1.82, 2.24) is 0 Å². The average Bonchev–Trinajstić information content (AvgIpc) is 2.23. The Kier molecular flexibility index (Phi) is 8.94. The Labute approximate surface area is 103 Å². The van der Waals surface area contributed by atoms with Gasteiger partial charge in [-0.25, -0.2) is 0 Å². The van der Waals surface area contributed by atoms with Crippen molar-refractivity contribution in [3.05, 3.63) is 0 Å². The molecule has 1 aliphatic rings. The van der Waals surface area contributed by atoms with Gasteiger partial charge >= 0.3 is 0 Å². The van der Waals surface area contributed by atoms with Crippen LogP contribution in [0.4, 0.5) is 0 Å². The van der Waals surface area contributed by atoms with Gasteiger partial charge in [-0.2, -0.15) is 0 Å². The Bertz CT molecular complexity index is 135. The Morgan fingerprint density at radius 2 is 1.19 bits per heavy atom. The van der Waals surface area contributed by atoms with E-state index >= 15 is 0 Å². The first-order chi connectivity index (χ1) is 7.93. The molecule has 1 aliphatic carbocycles. The second kappa shape index (κ2) is 10.2. The van der Waals surface area contributed by atoms with E-state index in [2.05, 4.69) is 6.92 Å². The topological polar surface area (TPSA) is 0 Å². The smallest absolute Gasteiger partial charge is 0.0414 e. The zero-order valence-electron chi connectivity index (χ0n) is 11.5. The minimum Gasteiger partial charge on any atom is -0.0654 e. The van der Waals surface area contributed by atoms with E-state index in [1.807, 2.05) is 0 Å². The molecule has 0 saturated heterocycles. The lowest BCUT2D eigenvalue weighted by Gasteiger charge is -2.24. The molecule has 0 unspecified atom stereocenters. The second-order valence-corrected chi connectivity index (χ2v) is 5.77. The van der Waals surface area contributed by atoms with Gasteiger partial charge in [0.25, 0.3) is 0 Å². The highest BCUT2D eigenvalue weighted by molar-refractivity contribution is 4.68. The molecule has 0 aromatic rings. The summed E-state index contributed by atoms with van der Waals surface area (Å²) in [6, 6.07) is 0. The number of unbranched alkanes of at least 4 members (excludes halogenated alkanes) is 9. The molecule has 96 valence electrons. The van der Waals surface area contributed by atoms with Crippen LogP contribution in [0.25, 0.3) is 0 Å². The van der Waals surface area contributed by atoms with Crippen LogP contribution in [0.1, 0.15) is 96.8 Å². The fraction of sp³-hybridized carbons (Fsp3) is 1.00. The summed E-state index contributed by atoms with van der Waals surface area (Å²) in [6.45, 7) is 2.29. The zero-order chi connectivity index (χ0) is 11.5. The second-order valence-electron chi connectivity index (χ2n) is 5.77. The molecule has 0 aliphatic heterocycles. The summed E-state index contributed by atoms with van der Waals surface area (Å²) in [5.74, 6) is 1.13. The summed E-state index contributed by atoms with van der Waals surface area (Å²) < 4.78 is 0. The molecule has 0 aromatic carbocycles. The maximum atomic E-state index is 2.29. The largest absolute Gasteiger partial charge is 0.0654 e. The Hall–Kier alpha value is 0. The van der Waals surface area contributed by atoms with Gasteiger partial charge in [0.05, 0.1) is 0 Å². The molecule has 1 saturated carbocycles. The molecule has 0 atom stereocenters. The lowest BCUT2D eigenvalue weighted by molar-refractivity contribution is 0.286. The predicted octanol–water partition coefficient (Wildman–Crippen LogP) is 6.10. The highest BCUT2D eigenvalue weighted by Gasteiger charge is 2.15. The SMILES string of the molecule is CCCCCCCCCCCCC1CCC1. The Balaban J connectivity index is 1.65. The van der Waals surface area contributed by atoms with Crippen molar-refractivity contribution in [2.75, 3.05) is 0 Å². The highest BCUT2D eigenvalue weighted by Crippen LogP contribution is 2.31. The molecule has 0 N–H and O–H groups in total. The van der Waals surface area contributed by atoms with E-state index in [0.29, 0.717) is 0 Å². The fourth-order valence-corrected chi connectivity index (χ4v) is 2.70. The molecular weight excluding hydrogens is 192 g/mol.